The Morgan fingerprint density at radius 3 is 2.64 bits per heavy atom. The SMILES string of the molecule is O=C(Nc1ccc2oc(-c3cc(F)c(F)cc3Cl)nc2c1)c1cccc(I)c1. The fraction of sp³-hybridized carbons (Fsp3) is 0. The number of oxazole rings is 1. The number of anilines is 1. The highest BCUT2D eigenvalue weighted by atomic mass is 127. The molecule has 1 N–H and O–H groups in total. The van der Waals surface area contributed by atoms with Crippen LogP contribution in [0.2, 0.25) is 5.02 Å². The molecular weight excluding hydrogens is 501 g/mol. The summed E-state index contributed by atoms with van der Waals surface area (Å²) in [6, 6.07) is 13.9. The Kier molecular flexibility index (Phi) is 5.03. The van der Waals surface area contributed by atoms with Crippen LogP contribution in [-0.4, -0.2) is 10.9 Å². The zero-order valence-corrected chi connectivity index (χ0v) is 16.9. The Labute approximate surface area is 176 Å². The van der Waals surface area contributed by atoms with Gasteiger partial charge in [-0.2, -0.15) is 0 Å². The van der Waals surface area contributed by atoms with E-state index in [-0.39, 0.29) is 22.4 Å². The Hall–Kier alpha value is -2.52. The first kappa shape index (κ1) is 18.8. The number of carbonyl (C=O) groups is 1. The molecule has 1 aromatic heterocycles. The first-order chi connectivity index (χ1) is 13.4. The molecule has 3 aromatic carbocycles. The largest absolute Gasteiger partial charge is 0.436 e. The number of hydrogen-bond donors (Lipinski definition) is 1. The monoisotopic (exact) mass is 510 g/mol. The van der Waals surface area contributed by atoms with E-state index in [0.717, 1.165) is 15.7 Å². The normalized spacial score (nSPS) is 11.0. The lowest BCUT2D eigenvalue weighted by atomic mass is 10.2. The van der Waals surface area contributed by atoms with Crippen molar-refractivity contribution in [1.82, 2.24) is 4.98 Å². The van der Waals surface area contributed by atoms with E-state index in [2.05, 4.69) is 32.9 Å². The summed E-state index contributed by atoms with van der Waals surface area (Å²) in [5, 5.41) is 2.78. The van der Waals surface area contributed by atoms with Gasteiger partial charge in [-0.25, -0.2) is 13.8 Å². The zero-order chi connectivity index (χ0) is 19.8. The molecule has 0 saturated heterocycles. The van der Waals surface area contributed by atoms with Crippen molar-refractivity contribution >= 4 is 56.9 Å². The molecule has 0 unspecified atom stereocenters. The summed E-state index contributed by atoms with van der Waals surface area (Å²) in [6.07, 6.45) is 0. The average Bonchev–Trinajstić information content (AvgIpc) is 3.07. The lowest BCUT2D eigenvalue weighted by molar-refractivity contribution is 0.102. The van der Waals surface area contributed by atoms with Gasteiger partial charge in [0.2, 0.25) is 5.89 Å². The molecule has 0 aliphatic carbocycles. The number of rotatable bonds is 3. The molecule has 0 radical (unpaired) electrons. The quantitative estimate of drug-likeness (QED) is 0.261. The minimum Gasteiger partial charge on any atom is -0.436 e. The van der Waals surface area contributed by atoms with Crippen molar-refractivity contribution in [2.24, 2.45) is 0 Å². The molecule has 28 heavy (non-hydrogen) atoms. The molecule has 0 saturated carbocycles. The van der Waals surface area contributed by atoms with Crippen molar-refractivity contribution in [2.45, 2.75) is 0 Å². The van der Waals surface area contributed by atoms with E-state index >= 15 is 0 Å². The minimum absolute atomic E-state index is 0.0161. The molecule has 1 heterocycles. The highest BCUT2D eigenvalue weighted by Gasteiger charge is 2.16. The van der Waals surface area contributed by atoms with Crippen LogP contribution in [0.5, 0.6) is 0 Å². The van der Waals surface area contributed by atoms with Crippen LogP contribution in [0.4, 0.5) is 14.5 Å². The van der Waals surface area contributed by atoms with Crippen molar-refractivity contribution < 1.29 is 18.0 Å². The summed E-state index contributed by atoms with van der Waals surface area (Å²) in [7, 11) is 0. The number of amides is 1. The first-order valence-corrected chi connectivity index (χ1v) is 9.49. The maximum atomic E-state index is 13.5. The standard InChI is InChI=1S/C20H10ClF2IN2O2/c21-14-9-16(23)15(22)8-13(14)20-26-17-7-12(4-5-18(17)28-20)25-19(27)10-2-1-3-11(24)6-10/h1-9H,(H,25,27). The van der Waals surface area contributed by atoms with Crippen LogP contribution in [-0.2, 0) is 0 Å². The highest BCUT2D eigenvalue weighted by molar-refractivity contribution is 14.1. The molecule has 140 valence electrons. The van der Waals surface area contributed by atoms with Gasteiger partial charge in [-0.05, 0) is 71.1 Å². The topological polar surface area (TPSA) is 55.1 Å². The lowest BCUT2D eigenvalue weighted by Gasteiger charge is -2.05. The number of aromatic nitrogens is 1. The van der Waals surface area contributed by atoms with Gasteiger partial charge in [-0.15, -0.1) is 0 Å². The number of nitrogens with zero attached hydrogens (tertiary/aromatic N) is 1. The van der Waals surface area contributed by atoms with Gasteiger partial charge >= 0.3 is 0 Å². The van der Waals surface area contributed by atoms with E-state index in [0.29, 0.717) is 22.4 Å². The summed E-state index contributed by atoms with van der Waals surface area (Å²) in [6.45, 7) is 0. The number of carbonyl (C=O) groups excluding carboxylic acids is 1. The fourth-order valence-corrected chi connectivity index (χ4v) is 3.41. The molecule has 0 spiro atoms. The van der Waals surface area contributed by atoms with Gasteiger partial charge in [0.05, 0.1) is 10.6 Å². The number of fused-ring (bicyclic) bond motifs is 1. The minimum atomic E-state index is -1.05. The summed E-state index contributed by atoms with van der Waals surface area (Å²) in [4.78, 5) is 16.7. The summed E-state index contributed by atoms with van der Waals surface area (Å²) < 4.78 is 33.4. The van der Waals surface area contributed by atoms with E-state index in [1.54, 1.807) is 36.4 Å². The first-order valence-electron chi connectivity index (χ1n) is 8.03. The van der Waals surface area contributed by atoms with Crippen LogP contribution in [0.25, 0.3) is 22.6 Å². The molecule has 1 amide bonds. The van der Waals surface area contributed by atoms with Crippen molar-refractivity contribution in [3.63, 3.8) is 0 Å². The highest BCUT2D eigenvalue weighted by Crippen LogP contribution is 2.32. The molecule has 4 aromatic rings. The summed E-state index contributed by atoms with van der Waals surface area (Å²) in [5.74, 6) is -2.30. The third-order valence-electron chi connectivity index (χ3n) is 3.97. The van der Waals surface area contributed by atoms with Gasteiger partial charge in [-0.3, -0.25) is 4.79 Å². The maximum Gasteiger partial charge on any atom is 0.255 e. The second-order valence-corrected chi connectivity index (χ2v) is 7.56. The van der Waals surface area contributed by atoms with E-state index in [9.17, 15) is 13.6 Å². The number of hydrogen-bond acceptors (Lipinski definition) is 3. The predicted octanol–water partition coefficient (Wildman–Crippen LogP) is 6.28. The van der Waals surface area contributed by atoms with Gasteiger partial charge in [0.25, 0.3) is 5.91 Å². The molecular formula is C20H10ClF2IN2O2. The third-order valence-corrected chi connectivity index (χ3v) is 4.96. The second kappa shape index (κ2) is 7.48. The van der Waals surface area contributed by atoms with E-state index < -0.39 is 11.6 Å². The van der Waals surface area contributed by atoms with E-state index in [1.165, 1.54) is 0 Å². The van der Waals surface area contributed by atoms with Crippen molar-refractivity contribution in [2.75, 3.05) is 5.32 Å². The smallest absolute Gasteiger partial charge is 0.255 e. The molecule has 0 fully saturated rings. The molecule has 4 nitrogen and oxygen atoms in total. The molecule has 0 atom stereocenters. The Bertz CT molecular complexity index is 1230. The molecule has 0 bridgehead atoms. The van der Waals surface area contributed by atoms with Crippen LogP contribution >= 0.6 is 34.2 Å². The van der Waals surface area contributed by atoms with Crippen molar-refractivity contribution in [3.05, 3.63) is 80.4 Å². The number of benzene rings is 3. The Morgan fingerprint density at radius 2 is 1.86 bits per heavy atom. The Morgan fingerprint density at radius 1 is 1.07 bits per heavy atom. The van der Waals surface area contributed by atoms with Crippen LogP contribution in [0.1, 0.15) is 10.4 Å². The summed E-state index contributed by atoms with van der Waals surface area (Å²) in [5.41, 5.74) is 2.05. The van der Waals surface area contributed by atoms with Gasteiger partial charge in [0.15, 0.2) is 17.2 Å². The zero-order valence-electron chi connectivity index (χ0n) is 14.0. The summed E-state index contributed by atoms with van der Waals surface area (Å²) >= 11 is 8.11. The molecule has 0 aliphatic rings. The fourth-order valence-electron chi connectivity index (χ4n) is 2.64. The van der Waals surface area contributed by atoms with Gasteiger partial charge < -0.3 is 9.73 Å². The lowest BCUT2D eigenvalue weighted by Crippen LogP contribution is -2.11. The van der Waals surface area contributed by atoms with Crippen LogP contribution in [0, 0.1) is 15.2 Å². The van der Waals surface area contributed by atoms with Crippen LogP contribution < -0.4 is 5.32 Å². The average molecular weight is 511 g/mol. The van der Waals surface area contributed by atoms with Crippen LogP contribution in [0.3, 0.4) is 0 Å². The molecule has 8 heteroatoms. The number of halogens is 4. The Balaban J connectivity index is 1.65. The maximum absolute atomic E-state index is 13.5. The van der Waals surface area contributed by atoms with E-state index in [4.69, 9.17) is 16.0 Å². The molecule has 4 rings (SSSR count). The van der Waals surface area contributed by atoms with Crippen molar-refractivity contribution in [3.8, 4) is 11.5 Å². The number of nitrogens with one attached hydrogen (secondary N) is 1. The molecule has 0 aliphatic heterocycles. The van der Waals surface area contributed by atoms with Gasteiger partial charge in [0, 0.05) is 14.8 Å². The van der Waals surface area contributed by atoms with E-state index in [1.807, 2.05) is 6.07 Å². The predicted molar refractivity (Wildman–Crippen MR) is 111 cm³/mol. The third kappa shape index (κ3) is 3.72. The van der Waals surface area contributed by atoms with Crippen LogP contribution in [0.15, 0.2) is 59.0 Å². The van der Waals surface area contributed by atoms with Crippen molar-refractivity contribution in [1.29, 1.82) is 0 Å². The second-order valence-electron chi connectivity index (χ2n) is 5.91. The van der Waals surface area contributed by atoms with Gasteiger partial charge in [0.1, 0.15) is 5.52 Å². The van der Waals surface area contributed by atoms with Gasteiger partial charge in [-0.1, -0.05) is 17.7 Å².